The number of hydrogen-bond donors (Lipinski definition) is 1. The summed E-state index contributed by atoms with van der Waals surface area (Å²) in [6.45, 7) is -1.12. The Hall–Kier alpha value is -2.42. The van der Waals surface area contributed by atoms with Gasteiger partial charge in [-0.3, -0.25) is 24.6 Å². The fourth-order valence-electron chi connectivity index (χ4n) is 3.75. The van der Waals surface area contributed by atoms with Gasteiger partial charge in [0.1, 0.15) is 11.9 Å². The van der Waals surface area contributed by atoms with E-state index in [4.69, 9.17) is 5.48 Å². The van der Waals surface area contributed by atoms with Gasteiger partial charge in [-0.2, -0.15) is 0 Å². The van der Waals surface area contributed by atoms with Crippen molar-refractivity contribution in [2.24, 2.45) is 0 Å². The van der Waals surface area contributed by atoms with E-state index in [9.17, 15) is 14.4 Å². The van der Waals surface area contributed by atoms with Crippen LogP contribution in [-0.2, 0) is 16.1 Å². The summed E-state index contributed by atoms with van der Waals surface area (Å²) in [4.78, 5) is 38.0. The van der Waals surface area contributed by atoms with Crippen LogP contribution in [0.2, 0.25) is 0 Å². The molecular formula is C20H22F3N3O3. The largest absolute Gasteiger partial charge is 0.322 e. The number of amides is 3. The van der Waals surface area contributed by atoms with Crippen LogP contribution < -0.4 is 5.32 Å². The summed E-state index contributed by atoms with van der Waals surface area (Å²) in [7, 11) is 0. The molecule has 156 valence electrons. The fourth-order valence-corrected chi connectivity index (χ4v) is 3.75. The summed E-state index contributed by atoms with van der Waals surface area (Å²) < 4.78 is 79.0. The van der Waals surface area contributed by atoms with Crippen molar-refractivity contribution in [2.75, 3.05) is 13.0 Å². The van der Waals surface area contributed by atoms with E-state index >= 15 is 13.2 Å². The molecule has 1 aromatic rings. The lowest BCUT2D eigenvalue weighted by Crippen LogP contribution is -2.55. The van der Waals surface area contributed by atoms with E-state index < -0.39 is 88.9 Å². The van der Waals surface area contributed by atoms with Crippen molar-refractivity contribution in [2.45, 2.75) is 57.7 Å². The molecule has 0 spiro atoms. The molecule has 9 heteroatoms. The zero-order valence-electron chi connectivity index (χ0n) is 20.0. The molecule has 0 aromatic heterocycles. The minimum atomic E-state index is -2.56. The standard InChI is InChI=1S/C20H22F3N3O3/c1-20(2,3)25-6-9(7-25)13-15(21)10-8-26(11-4-5-12(27)24-18(11)28)19(29)14(10)17(23)16(13)22/h9,11H,4-8H2,1-3H3,(H,24,27,28)/t11-/m1/s1/i6D2,7D2. The Kier molecular flexibility index (Phi) is 3.48. The molecule has 2 fully saturated rings. The fraction of sp³-hybridized carbons (Fsp3) is 0.550. The maximum Gasteiger partial charge on any atom is 0.258 e. The third-order valence-electron chi connectivity index (χ3n) is 5.32. The van der Waals surface area contributed by atoms with Gasteiger partial charge in [0.2, 0.25) is 11.8 Å². The summed E-state index contributed by atoms with van der Waals surface area (Å²) in [5.74, 6) is -9.48. The third kappa shape index (κ3) is 3.02. The van der Waals surface area contributed by atoms with Crippen LogP contribution in [0.3, 0.4) is 0 Å². The number of benzene rings is 1. The van der Waals surface area contributed by atoms with Crippen LogP contribution in [0.15, 0.2) is 0 Å². The molecule has 0 saturated carbocycles. The first-order chi connectivity index (χ1) is 15.0. The Morgan fingerprint density at radius 1 is 1.07 bits per heavy atom. The van der Waals surface area contributed by atoms with E-state index in [1.165, 1.54) is 20.8 Å². The molecule has 0 unspecified atom stereocenters. The van der Waals surface area contributed by atoms with Crippen molar-refractivity contribution in [1.82, 2.24) is 15.1 Å². The van der Waals surface area contributed by atoms with Crippen LogP contribution in [0.4, 0.5) is 13.2 Å². The van der Waals surface area contributed by atoms with E-state index in [0.29, 0.717) is 0 Å². The maximum absolute atomic E-state index is 15.6. The summed E-state index contributed by atoms with van der Waals surface area (Å²) in [5.41, 5.74) is -3.64. The van der Waals surface area contributed by atoms with Gasteiger partial charge in [0.25, 0.3) is 5.91 Å². The molecule has 3 amide bonds. The molecule has 6 nitrogen and oxygen atoms in total. The molecule has 1 aromatic carbocycles. The number of piperidine rings is 1. The van der Waals surface area contributed by atoms with Crippen LogP contribution in [0, 0.1) is 17.5 Å². The zero-order valence-corrected chi connectivity index (χ0v) is 16.0. The van der Waals surface area contributed by atoms with Crippen molar-refractivity contribution >= 4 is 17.7 Å². The van der Waals surface area contributed by atoms with Gasteiger partial charge in [0, 0.05) is 47.5 Å². The molecule has 3 heterocycles. The molecule has 29 heavy (non-hydrogen) atoms. The first kappa shape index (κ1) is 15.4. The SMILES string of the molecule is [2H]C1([2H])C(c2c(F)c(F)c3c(c2F)CN([C@@H]2CCC(=O)NC2=O)C3=O)C([2H])([2H])N1C(C)(C)C. The predicted octanol–water partition coefficient (Wildman–Crippen LogP) is 2.06. The lowest BCUT2D eigenvalue weighted by Gasteiger charge is -2.48. The first-order valence-electron chi connectivity index (χ1n) is 11.2. The number of halogens is 3. The van der Waals surface area contributed by atoms with Crippen molar-refractivity contribution in [1.29, 1.82) is 0 Å². The molecule has 1 atom stereocenters. The van der Waals surface area contributed by atoms with Gasteiger partial charge in [-0.15, -0.1) is 0 Å². The van der Waals surface area contributed by atoms with Gasteiger partial charge in [0.05, 0.1) is 12.1 Å². The average molecular weight is 413 g/mol. The molecule has 3 aliphatic heterocycles. The number of rotatable bonds is 2. The van der Waals surface area contributed by atoms with Crippen molar-refractivity contribution in [3.8, 4) is 0 Å². The van der Waals surface area contributed by atoms with Crippen molar-refractivity contribution in [3.05, 3.63) is 34.1 Å². The van der Waals surface area contributed by atoms with E-state index in [1.54, 1.807) is 0 Å². The van der Waals surface area contributed by atoms with Crippen LogP contribution >= 0.6 is 0 Å². The highest BCUT2D eigenvalue weighted by molar-refractivity contribution is 6.05. The lowest BCUT2D eigenvalue weighted by atomic mass is 9.85. The van der Waals surface area contributed by atoms with Crippen LogP contribution in [0.25, 0.3) is 0 Å². The van der Waals surface area contributed by atoms with Crippen LogP contribution in [-0.4, -0.2) is 52.1 Å². The molecule has 3 aliphatic rings. The quantitative estimate of drug-likeness (QED) is 0.595. The smallest absolute Gasteiger partial charge is 0.258 e. The topological polar surface area (TPSA) is 69.7 Å². The summed E-state index contributed by atoms with van der Waals surface area (Å²) in [5, 5.41) is 2.04. The number of fused-ring (bicyclic) bond motifs is 1. The second-order valence-electron chi connectivity index (χ2n) is 8.31. The summed E-state index contributed by atoms with van der Waals surface area (Å²) >= 11 is 0. The second-order valence-corrected chi connectivity index (χ2v) is 8.31. The molecule has 0 aliphatic carbocycles. The highest BCUT2D eigenvalue weighted by atomic mass is 19.2. The van der Waals surface area contributed by atoms with Gasteiger partial charge in [-0.25, -0.2) is 13.2 Å². The number of carbonyl (C=O) groups is 3. The number of carbonyl (C=O) groups excluding carboxylic acids is 3. The second kappa shape index (κ2) is 6.55. The summed E-state index contributed by atoms with van der Waals surface area (Å²) in [6.07, 6.45) is -0.163. The monoisotopic (exact) mass is 413 g/mol. The van der Waals surface area contributed by atoms with E-state index in [-0.39, 0.29) is 12.8 Å². The van der Waals surface area contributed by atoms with E-state index in [1.807, 2.05) is 5.32 Å². The third-order valence-corrected chi connectivity index (χ3v) is 5.32. The Bertz CT molecular complexity index is 1090. The van der Waals surface area contributed by atoms with Gasteiger partial charge >= 0.3 is 0 Å². The Labute approximate surface area is 171 Å². The summed E-state index contributed by atoms with van der Waals surface area (Å²) in [6, 6.07) is -1.19. The normalized spacial score (nSPS) is 28.8. The Morgan fingerprint density at radius 3 is 2.31 bits per heavy atom. The number of nitrogens with one attached hydrogen (secondary N) is 1. The maximum atomic E-state index is 15.6. The van der Waals surface area contributed by atoms with Gasteiger partial charge in [-0.05, 0) is 27.2 Å². The number of nitrogens with zero attached hydrogens (tertiary/aromatic N) is 2. The van der Waals surface area contributed by atoms with Crippen LogP contribution in [0.5, 0.6) is 0 Å². The van der Waals surface area contributed by atoms with Gasteiger partial charge < -0.3 is 4.90 Å². The van der Waals surface area contributed by atoms with E-state index in [0.717, 1.165) is 9.80 Å². The van der Waals surface area contributed by atoms with Gasteiger partial charge in [0.15, 0.2) is 11.6 Å². The molecule has 0 bridgehead atoms. The highest BCUT2D eigenvalue weighted by Crippen LogP contribution is 2.40. The predicted molar refractivity (Wildman–Crippen MR) is 96.4 cm³/mol. The number of imide groups is 1. The molecule has 4 rings (SSSR count). The zero-order chi connectivity index (χ0) is 24.8. The van der Waals surface area contributed by atoms with E-state index in [2.05, 4.69) is 0 Å². The Balaban J connectivity index is 1.80. The minimum absolute atomic E-state index is 0.0722. The molecule has 2 saturated heterocycles. The highest BCUT2D eigenvalue weighted by Gasteiger charge is 2.46. The van der Waals surface area contributed by atoms with Gasteiger partial charge in [-0.1, -0.05) is 0 Å². The Morgan fingerprint density at radius 2 is 1.72 bits per heavy atom. The number of hydrogen-bond acceptors (Lipinski definition) is 4. The minimum Gasteiger partial charge on any atom is -0.322 e. The molecular weight excluding hydrogens is 387 g/mol. The number of likely N-dealkylation sites (tertiary alicyclic amines) is 1. The van der Waals surface area contributed by atoms with Crippen molar-refractivity contribution < 1.29 is 33.0 Å². The lowest BCUT2D eigenvalue weighted by molar-refractivity contribution is -0.136. The molecule has 0 radical (unpaired) electrons. The average Bonchev–Trinajstić information content (AvgIpc) is 2.98. The first-order valence-corrected chi connectivity index (χ1v) is 9.17. The van der Waals surface area contributed by atoms with Crippen molar-refractivity contribution in [3.63, 3.8) is 0 Å². The molecule has 1 N–H and O–H groups in total. The van der Waals surface area contributed by atoms with Crippen LogP contribution in [0.1, 0.15) is 66.5 Å².